The predicted molar refractivity (Wildman–Crippen MR) is 136 cm³/mol. The molecule has 162 valence electrons. The van der Waals surface area contributed by atoms with Gasteiger partial charge in [-0.3, -0.25) is 0 Å². The number of benzene rings is 2. The van der Waals surface area contributed by atoms with Crippen molar-refractivity contribution in [2.75, 3.05) is 0 Å². The zero-order valence-electron chi connectivity index (χ0n) is 14.2. The quantitative estimate of drug-likeness (QED) is 0.416. The van der Waals surface area contributed by atoms with E-state index in [0.29, 0.717) is 0 Å². The summed E-state index contributed by atoms with van der Waals surface area (Å²) in [4.78, 5) is 0. The third kappa shape index (κ3) is 13.3. The Balaban J connectivity index is -0.0000000702. The van der Waals surface area contributed by atoms with Gasteiger partial charge in [0.15, 0.2) is 0 Å². The minimum Gasteiger partial charge on any atom is -0.0776 e. The maximum Gasteiger partial charge on any atom is -0.00135 e. The molecule has 0 spiro atoms. The smallest absolute Gasteiger partial charge is 0.00135 e. The van der Waals surface area contributed by atoms with Gasteiger partial charge < -0.3 is 0 Å². The van der Waals surface area contributed by atoms with Crippen molar-refractivity contribution in [1.82, 2.24) is 0 Å². The Morgan fingerprint density at radius 2 is 0.852 bits per heavy atom. The molecule has 0 heteroatoms. The summed E-state index contributed by atoms with van der Waals surface area (Å²) in [5, 5.41) is 0. The molecule has 0 bridgehead atoms. The lowest BCUT2D eigenvalue weighted by Gasteiger charge is -1.98. The summed E-state index contributed by atoms with van der Waals surface area (Å²) in [6.45, 7) is 8.67. The number of hydrogen-bond donors (Lipinski definition) is 0. The van der Waals surface area contributed by atoms with Crippen molar-refractivity contribution in [2.45, 2.75) is 104 Å². The molecule has 0 saturated carbocycles. The van der Waals surface area contributed by atoms with Crippen LogP contribution < -0.4 is 0 Å². The second-order valence-electron chi connectivity index (χ2n) is 5.55. The summed E-state index contributed by atoms with van der Waals surface area (Å²) in [6.07, 6.45) is 6.43. The lowest BCUT2D eigenvalue weighted by atomic mass is 10.1. The minimum absolute atomic E-state index is 0. The van der Waals surface area contributed by atoms with Crippen molar-refractivity contribution in [3.8, 4) is 11.1 Å². The van der Waals surface area contributed by atoms with Crippen LogP contribution in [0.3, 0.4) is 0 Å². The highest BCUT2D eigenvalue weighted by Crippen LogP contribution is 2.35. The van der Waals surface area contributed by atoms with Crippen LogP contribution in [0.5, 0.6) is 0 Å². The topological polar surface area (TPSA) is 0 Å². The Morgan fingerprint density at radius 1 is 0.556 bits per heavy atom. The SMILES string of the molecule is C.C.C.C.C.C.CCC.CCCCC.c1ccc2c(c1)Cc1ccccc1-2. The summed E-state index contributed by atoms with van der Waals surface area (Å²) in [5.41, 5.74) is 5.75. The fourth-order valence-corrected chi connectivity index (χ4v) is 2.43. The van der Waals surface area contributed by atoms with Crippen molar-refractivity contribution in [3.63, 3.8) is 0 Å². The van der Waals surface area contributed by atoms with Crippen LogP contribution in [0.4, 0.5) is 0 Å². The van der Waals surface area contributed by atoms with E-state index in [1.165, 1.54) is 47.9 Å². The monoisotopic (exact) mass is 378 g/mol. The summed E-state index contributed by atoms with van der Waals surface area (Å²) < 4.78 is 0. The first-order chi connectivity index (χ1) is 10.3. The van der Waals surface area contributed by atoms with Gasteiger partial charge in [-0.1, -0.05) is 146 Å². The van der Waals surface area contributed by atoms with Gasteiger partial charge >= 0.3 is 0 Å². The van der Waals surface area contributed by atoms with Crippen LogP contribution in [-0.4, -0.2) is 0 Å². The minimum atomic E-state index is 0. The predicted octanol–water partition coefficient (Wildman–Crippen LogP) is 10.7. The molecule has 0 radical (unpaired) electrons. The molecule has 0 unspecified atom stereocenters. The molecule has 3 rings (SSSR count). The van der Waals surface area contributed by atoms with Crippen LogP contribution in [0.25, 0.3) is 11.1 Å². The second-order valence-corrected chi connectivity index (χ2v) is 5.55. The first-order valence-corrected chi connectivity index (χ1v) is 8.44. The molecular weight excluding hydrogens is 324 g/mol. The third-order valence-electron chi connectivity index (χ3n) is 3.41. The van der Waals surface area contributed by atoms with Crippen LogP contribution in [0.2, 0.25) is 0 Å². The molecule has 0 saturated heterocycles. The third-order valence-corrected chi connectivity index (χ3v) is 3.41. The van der Waals surface area contributed by atoms with Crippen molar-refractivity contribution in [3.05, 3.63) is 59.7 Å². The van der Waals surface area contributed by atoms with E-state index >= 15 is 0 Å². The molecule has 2 aromatic rings. The summed E-state index contributed by atoms with van der Waals surface area (Å²) >= 11 is 0. The molecule has 1 aliphatic rings. The van der Waals surface area contributed by atoms with Crippen molar-refractivity contribution in [2.24, 2.45) is 0 Å². The van der Waals surface area contributed by atoms with Crippen molar-refractivity contribution < 1.29 is 0 Å². The van der Waals surface area contributed by atoms with Gasteiger partial charge in [-0.05, 0) is 28.7 Å². The molecule has 0 nitrogen and oxygen atoms in total. The number of fused-ring (bicyclic) bond motifs is 3. The average Bonchev–Trinajstić information content (AvgIpc) is 2.88. The Bertz CT molecular complexity index is 465. The Morgan fingerprint density at radius 3 is 1.11 bits per heavy atom. The highest BCUT2D eigenvalue weighted by atomic mass is 14.2. The Kier molecular flexibility index (Phi) is 36.4. The first-order valence-electron chi connectivity index (χ1n) is 8.44. The number of hydrogen-bond acceptors (Lipinski definition) is 0. The molecule has 0 amide bonds. The van der Waals surface area contributed by atoms with Gasteiger partial charge in [-0.2, -0.15) is 0 Å². The van der Waals surface area contributed by atoms with Crippen LogP contribution in [0.15, 0.2) is 48.5 Å². The van der Waals surface area contributed by atoms with Crippen LogP contribution >= 0.6 is 0 Å². The van der Waals surface area contributed by atoms with E-state index in [0.717, 1.165) is 6.42 Å². The van der Waals surface area contributed by atoms with Crippen LogP contribution in [0.1, 0.15) is 109 Å². The van der Waals surface area contributed by atoms with Gasteiger partial charge in [0.1, 0.15) is 0 Å². The molecule has 0 heterocycles. The highest BCUT2D eigenvalue weighted by Gasteiger charge is 2.15. The summed E-state index contributed by atoms with van der Waals surface area (Å²) in [6, 6.07) is 17.3. The van der Waals surface area contributed by atoms with Gasteiger partial charge in [0.25, 0.3) is 0 Å². The zero-order chi connectivity index (χ0) is 15.5. The van der Waals surface area contributed by atoms with Gasteiger partial charge in [0.2, 0.25) is 0 Å². The fourth-order valence-electron chi connectivity index (χ4n) is 2.43. The van der Waals surface area contributed by atoms with Crippen molar-refractivity contribution >= 4 is 0 Å². The molecule has 2 aromatic carbocycles. The second kappa shape index (κ2) is 24.4. The average molecular weight is 379 g/mol. The molecule has 0 N–H and O–H groups in total. The maximum absolute atomic E-state index is 2.22. The van der Waals surface area contributed by atoms with Crippen LogP contribution in [0, 0.1) is 0 Å². The van der Waals surface area contributed by atoms with Gasteiger partial charge in [0, 0.05) is 0 Å². The molecule has 0 aliphatic heterocycles. The lowest BCUT2D eigenvalue weighted by molar-refractivity contribution is 0.772. The van der Waals surface area contributed by atoms with E-state index in [1.807, 2.05) is 0 Å². The first kappa shape index (κ1) is 40.2. The largest absolute Gasteiger partial charge is 0.0776 e. The standard InChI is InChI=1S/C13H10.C5H12.C3H8.6CH4/c1-3-7-12-10(5-1)9-11-6-2-4-8-13(11)12;1-3-5-4-2;1-3-2;;;;;;/h1-8H,9H2;3-5H2,1-2H3;3H2,1-2H3;6*1H4. The molecular formula is C27H54. The molecule has 1 aliphatic carbocycles. The Hall–Kier alpha value is -1.56. The van der Waals surface area contributed by atoms with E-state index in [2.05, 4.69) is 76.2 Å². The summed E-state index contributed by atoms with van der Waals surface area (Å²) in [7, 11) is 0. The Labute approximate surface area is 175 Å². The van der Waals surface area contributed by atoms with E-state index in [9.17, 15) is 0 Å². The number of unbranched alkanes of at least 4 members (excludes halogenated alkanes) is 2. The van der Waals surface area contributed by atoms with E-state index in [4.69, 9.17) is 0 Å². The summed E-state index contributed by atoms with van der Waals surface area (Å²) in [5.74, 6) is 0. The van der Waals surface area contributed by atoms with E-state index in [-0.39, 0.29) is 44.6 Å². The van der Waals surface area contributed by atoms with Gasteiger partial charge in [-0.25, -0.2) is 0 Å². The van der Waals surface area contributed by atoms with Crippen LogP contribution in [-0.2, 0) is 6.42 Å². The van der Waals surface area contributed by atoms with Gasteiger partial charge in [0.05, 0.1) is 0 Å². The molecule has 0 fully saturated rings. The maximum atomic E-state index is 2.22. The molecule has 27 heavy (non-hydrogen) atoms. The lowest BCUT2D eigenvalue weighted by Crippen LogP contribution is -1.77. The highest BCUT2D eigenvalue weighted by molar-refractivity contribution is 5.76. The van der Waals surface area contributed by atoms with Crippen molar-refractivity contribution in [1.29, 1.82) is 0 Å². The molecule has 0 atom stereocenters. The molecule has 0 aromatic heterocycles. The van der Waals surface area contributed by atoms with Gasteiger partial charge in [-0.15, -0.1) is 0 Å². The normalized spacial score (nSPS) is 8.15. The number of rotatable bonds is 2. The van der Waals surface area contributed by atoms with E-state index < -0.39 is 0 Å². The van der Waals surface area contributed by atoms with E-state index in [1.54, 1.807) is 0 Å². The fraction of sp³-hybridized carbons (Fsp3) is 0.556. The zero-order valence-corrected chi connectivity index (χ0v) is 14.2.